The lowest BCUT2D eigenvalue weighted by Crippen LogP contribution is -2.32. The summed E-state index contributed by atoms with van der Waals surface area (Å²) in [5.74, 6) is 0.156. The molecular formula is C15H24ClN5O2. The molecule has 1 unspecified atom stereocenters. The van der Waals surface area contributed by atoms with E-state index in [9.17, 15) is 9.59 Å². The van der Waals surface area contributed by atoms with Gasteiger partial charge in [-0.25, -0.2) is 4.98 Å². The third kappa shape index (κ3) is 3.92. The van der Waals surface area contributed by atoms with Crippen LogP contribution in [0.15, 0.2) is 4.79 Å². The minimum absolute atomic E-state index is 0. The Labute approximate surface area is 141 Å². The summed E-state index contributed by atoms with van der Waals surface area (Å²) in [6.07, 6.45) is 0.215. The van der Waals surface area contributed by atoms with Gasteiger partial charge in [0.25, 0.3) is 5.56 Å². The van der Waals surface area contributed by atoms with Crippen LogP contribution >= 0.6 is 12.4 Å². The number of halogens is 1. The van der Waals surface area contributed by atoms with E-state index >= 15 is 0 Å². The van der Waals surface area contributed by atoms with Gasteiger partial charge in [-0.15, -0.1) is 12.4 Å². The van der Waals surface area contributed by atoms with Crippen molar-refractivity contribution in [2.24, 2.45) is 18.7 Å². The molecule has 0 saturated carbocycles. The maximum absolute atomic E-state index is 12.1. The molecule has 2 aromatic rings. The summed E-state index contributed by atoms with van der Waals surface area (Å²) in [5, 5.41) is 6.11. The lowest BCUT2D eigenvalue weighted by atomic mass is 10.0. The fraction of sp³-hybridized carbons (Fsp3) is 0.533. The Morgan fingerprint density at radius 1 is 1.43 bits per heavy atom. The highest BCUT2D eigenvalue weighted by Crippen LogP contribution is 2.20. The first-order chi connectivity index (χ1) is 10.3. The second kappa shape index (κ2) is 7.61. The van der Waals surface area contributed by atoms with E-state index in [-0.39, 0.29) is 36.2 Å². The maximum atomic E-state index is 12.1. The highest BCUT2D eigenvalue weighted by Gasteiger charge is 2.17. The highest BCUT2D eigenvalue weighted by atomic mass is 35.5. The number of aromatic amines is 1. The van der Waals surface area contributed by atoms with E-state index in [4.69, 9.17) is 5.73 Å². The number of hydrogen-bond acceptors (Lipinski definition) is 4. The highest BCUT2D eigenvalue weighted by molar-refractivity contribution is 5.85. The Morgan fingerprint density at radius 2 is 2.09 bits per heavy atom. The fourth-order valence-corrected chi connectivity index (χ4v) is 2.50. The number of hydrogen-bond donors (Lipinski definition) is 3. The number of H-pyrrole nitrogens is 1. The van der Waals surface area contributed by atoms with Gasteiger partial charge in [-0.1, -0.05) is 6.92 Å². The molecule has 0 spiro atoms. The number of carbonyl (C=O) groups is 1. The monoisotopic (exact) mass is 341 g/mol. The number of fused-ring (bicyclic) bond motifs is 1. The van der Waals surface area contributed by atoms with E-state index in [1.54, 1.807) is 11.7 Å². The topological polar surface area (TPSA) is 106 Å². The molecule has 2 aromatic heterocycles. The molecule has 2 rings (SSSR count). The van der Waals surface area contributed by atoms with Gasteiger partial charge in [-0.2, -0.15) is 0 Å². The standard InChI is InChI=1S/C15H23N5O2.ClH/c1-8(6-16)7-17-12(21)5-11-9(2)13-14(18-10(11)3)20(4)19-15(13)22;/h8H,5-7,16H2,1-4H3,(H,17,21)(H,19,22);1H. The minimum atomic E-state index is -0.180. The summed E-state index contributed by atoms with van der Waals surface area (Å²) in [5.41, 5.74) is 8.36. The third-order valence-corrected chi connectivity index (χ3v) is 3.96. The van der Waals surface area contributed by atoms with Crippen LogP contribution in [0.2, 0.25) is 0 Å². The van der Waals surface area contributed by atoms with Crippen molar-refractivity contribution in [3.63, 3.8) is 0 Å². The molecule has 1 atom stereocenters. The molecule has 0 aromatic carbocycles. The Kier molecular flexibility index (Phi) is 6.35. The number of carbonyl (C=O) groups excluding carboxylic acids is 1. The van der Waals surface area contributed by atoms with Crippen molar-refractivity contribution in [1.29, 1.82) is 0 Å². The Morgan fingerprint density at radius 3 is 2.70 bits per heavy atom. The minimum Gasteiger partial charge on any atom is -0.355 e. The van der Waals surface area contributed by atoms with Crippen LogP contribution in [0.25, 0.3) is 11.0 Å². The van der Waals surface area contributed by atoms with Crippen LogP contribution in [-0.4, -0.2) is 33.8 Å². The number of amides is 1. The van der Waals surface area contributed by atoms with Gasteiger partial charge in [0, 0.05) is 19.3 Å². The van der Waals surface area contributed by atoms with E-state index in [0.717, 1.165) is 16.8 Å². The number of nitrogens with zero attached hydrogens (tertiary/aromatic N) is 2. The largest absolute Gasteiger partial charge is 0.355 e. The summed E-state index contributed by atoms with van der Waals surface area (Å²) in [6, 6.07) is 0. The fourth-order valence-electron chi connectivity index (χ4n) is 2.50. The van der Waals surface area contributed by atoms with E-state index < -0.39 is 0 Å². The van der Waals surface area contributed by atoms with Crippen molar-refractivity contribution in [1.82, 2.24) is 20.1 Å². The molecule has 1 amide bonds. The molecule has 0 aliphatic rings. The van der Waals surface area contributed by atoms with Gasteiger partial charge < -0.3 is 11.1 Å². The predicted octanol–water partition coefficient (Wildman–Crippen LogP) is 0.554. The summed E-state index contributed by atoms with van der Waals surface area (Å²) in [7, 11) is 1.75. The molecule has 2 heterocycles. The average Bonchev–Trinajstić information content (AvgIpc) is 2.75. The molecule has 128 valence electrons. The zero-order chi connectivity index (χ0) is 16.4. The van der Waals surface area contributed by atoms with Crippen LogP contribution in [-0.2, 0) is 18.3 Å². The predicted molar refractivity (Wildman–Crippen MR) is 93.0 cm³/mol. The van der Waals surface area contributed by atoms with E-state index in [0.29, 0.717) is 24.1 Å². The molecule has 0 aliphatic carbocycles. The number of aryl methyl sites for hydroxylation is 3. The zero-order valence-electron chi connectivity index (χ0n) is 13.9. The molecule has 0 radical (unpaired) electrons. The van der Waals surface area contributed by atoms with Gasteiger partial charge in [-0.05, 0) is 37.4 Å². The molecular weight excluding hydrogens is 318 g/mol. The normalized spacial score (nSPS) is 12.0. The van der Waals surface area contributed by atoms with Crippen molar-refractivity contribution in [2.45, 2.75) is 27.2 Å². The molecule has 0 bridgehead atoms. The molecule has 23 heavy (non-hydrogen) atoms. The first-order valence-corrected chi connectivity index (χ1v) is 7.36. The summed E-state index contributed by atoms with van der Waals surface area (Å²) >= 11 is 0. The maximum Gasteiger partial charge on any atom is 0.273 e. The van der Waals surface area contributed by atoms with Gasteiger partial charge in [0.05, 0.1) is 11.8 Å². The second-order valence-corrected chi connectivity index (χ2v) is 5.82. The molecule has 4 N–H and O–H groups in total. The van der Waals surface area contributed by atoms with Crippen molar-refractivity contribution < 1.29 is 4.79 Å². The van der Waals surface area contributed by atoms with Gasteiger partial charge >= 0.3 is 0 Å². The Hall–Kier alpha value is -1.86. The van der Waals surface area contributed by atoms with Crippen molar-refractivity contribution in [3.8, 4) is 0 Å². The molecule has 0 saturated heterocycles. The summed E-state index contributed by atoms with van der Waals surface area (Å²) in [6.45, 7) is 6.78. The summed E-state index contributed by atoms with van der Waals surface area (Å²) < 4.78 is 1.60. The van der Waals surface area contributed by atoms with Crippen molar-refractivity contribution in [2.75, 3.05) is 13.1 Å². The average molecular weight is 342 g/mol. The zero-order valence-corrected chi connectivity index (χ0v) is 14.7. The van der Waals surface area contributed by atoms with Gasteiger partial charge in [0.1, 0.15) is 0 Å². The van der Waals surface area contributed by atoms with Gasteiger partial charge in [0.2, 0.25) is 5.91 Å². The third-order valence-electron chi connectivity index (χ3n) is 3.96. The van der Waals surface area contributed by atoms with Crippen LogP contribution in [0.3, 0.4) is 0 Å². The van der Waals surface area contributed by atoms with E-state index in [1.165, 1.54) is 0 Å². The van der Waals surface area contributed by atoms with E-state index in [2.05, 4.69) is 15.4 Å². The Bertz CT molecular complexity index is 765. The lowest BCUT2D eigenvalue weighted by Gasteiger charge is -2.13. The lowest BCUT2D eigenvalue weighted by molar-refractivity contribution is -0.120. The molecule has 8 heteroatoms. The van der Waals surface area contributed by atoms with Gasteiger partial charge in [0.15, 0.2) is 5.65 Å². The second-order valence-electron chi connectivity index (χ2n) is 5.82. The number of nitrogens with two attached hydrogens (primary N) is 1. The first-order valence-electron chi connectivity index (χ1n) is 7.36. The SMILES string of the molecule is Cc1nc2c(c(C)c1CC(=O)NCC(C)CN)c(=O)[nH]n2C.Cl. The number of pyridine rings is 1. The van der Waals surface area contributed by atoms with Crippen molar-refractivity contribution >= 4 is 29.3 Å². The summed E-state index contributed by atoms with van der Waals surface area (Å²) in [4.78, 5) is 28.5. The first kappa shape index (κ1) is 19.2. The Balaban J connectivity index is 0.00000264. The molecule has 0 aliphatic heterocycles. The van der Waals surface area contributed by atoms with Crippen LogP contribution in [0.5, 0.6) is 0 Å². The molecule has 7 nitrogen and oxygen atoms in total. The van der Waals surface area contributed by atoms with Crippen molar-refractivity contribution in [3.05, 3.63) is 27.2 Å². The van der Waals surface area contributed by atoms with E-state index in [1.807, 2.05) is 20.8 Å². The number of rotatable bonds is 5. The van der Waals surface area contributed by atoms with Crippen LogP contribution < -0.4 is 16.6 Å². The molecule has 0 fully saturated rings. The van der Waals surface area contributed by atoms with Gasteiger partial charge in [-0.3, -0.25) is 19.4 Å². The smallest absolute Gasteiger partial charge is 0.273 e. The number of nitrogens with one attached hydrogen (secondary N) is 2. The number of aromatic nitrogens is 3. The van der Waals surface area contributed by atoms with Crippen LogP contribution in [0, 0.1) is 19.8 Å². The van der Waals surface area contributed by atoms with Crippen LogP contribution in [0.1, 0.15) is 23.7 Å². The van der Waals surface area contributed by atoms with Crippen LogP contribution in [0.4, 0.5) is 0 Å². The quantitative estimate of drug-likeness (QED) is 0.738.